The highest BCUT2D eigenvalue weighted by molar-refractivity contribution is 7.84. The first-order valence-electron chi connectivity index (χ1n) is 7.17. The lowest BCUT2D eigenvalue weighted by Crippen LogP contribution is -2.41. The molecule has 2 N–H and O–H groups in total. The monoisotopic (exact) mass is 311 g/mol. The molecule has 0 saturated carbocycles. The van der Waals surface area contributed by atoms with E-state index in [1.165, 1.54) is 11.3 Å². The summed E-state index contributed by atoms with van der Waals surface area (Å²) in [5.74, 6) is 0.484. The van der Waals surface area contributed by atoms with Crippen LogP contribution in [-0.4, -0.2) is 48.4 Å². The lowest BCUT2D eigenvalue weighted by atomic mass is 10.2. The number of benzene rings is 1. The van der Waals surface area contributed by atoms with Crippen LogP contribution in [0.5, 0.6) is 0 Å². The Balaban J connectivity index is 2.34. The summed E-state index contributed by atoms with van der Waals surface area (Å²) < 4.78 is 10.9. The molecule has 0 heterocycles. The van der Waals surface area contributed by atoms with E-state index in [-0.39, 0.29) is 6.03 Å². The average molecular weight is 311 g/mol. The van der Waals surface area contributed by atoms with Crippen molar-refractivity contribution < 1.29 is 9.00 Å². The summed E-state index contributed by atoms with van der Waals surface area (Å²) in [7, 11) is -0.875. The van der Waals surface area contributed by atoms with Crippen molar-refractivity contribution in [3.63, 3.8) is 0 Å². The summed E-state index contributed by atoms with van der Waals surface area (Å²) in [5.41, 5.74) is 2.43. The van der Waals surface area contributed by atoms with Crippen LogP contribution in [0.3, 0.4) is 0 Å². The van der Waals surface area contributed by atoms with Crippen molar-refractivity contribution in [2.75, 3.05) is 43.1 Å². The highest BCUT2D eigenvalue weighted by Gasteiger charge is 2.07. The van der Waals surface area contributed by atoms with E-state index in [1.807, 2.05) is 12.1 Å². The number of hydrogen-bond acceptors (Lipinski definition) is 3. The number of nitrogens with one attached hydrogen (secondary N) is 2. The average Bonchev–Trinajstić information content (AvgIpc) is 2.44. The molecule has 6 heteroatoms. The van der Waals surface area contributed by atoms with Crippen LogP contribution < -0.4 is 15.5 Å². The minimum atomic E-state index is -0.875. The van der Waals surface area contributed by atoms with Gasteiger partial charge in [-0.3, -0.25) is 4.21 Å². The largest absolute Gasteiger partial charge is 0.370 e. The molecule has 21 heavy (non-hydrogen) atoms. The maximum absolute atomic E-state index is 11.6. The van der Waals surface area contributed by atoms with E-state index in [9.17, 15) is 9.00 Å². The third-order valence-corrected chi connectivity index (χ3v) is 3.96. The van der Waals surface area contributed by atoms with Crippen molar-refractivity contribution in [2.45, 2.75) is 13.8 Å². The van der Waals surface area contributed by atoms with Crippen LogP contribution in [0.15, 0.2) is 24.3 Å². The third-order valence-electron chi connectivity index (χ3n) is 3.18. The Bertz CT molecular complexity index is 480. The molecule has 0 saturated heterocycles. The van der Waals surface area contributed by atoms with Gasteiger partial charge in [-0.1, -0.05) is 18.2 Å². The van der Waals surface area contributed by atoms with Gasteiger partial charge < -0.3 is 15.5 Å². The molecule has 0 aliphatic rings. The van der Waals surface area contributed by atoms with Gasteiger partial charge in [0.25, 0.3) is 0 Å². The Hall–Kier alpha value is -1.56. The molecule has 0 unspecified atom stereocenters. The first kappa shape index (κ1) is 17.5. The number of carbonyl (C=O) groups is 1. The summed E-state index contributed by atoms with van der Waals surface area (Å²) in [4.78, 5) is 13.8. The number of anilines is 1. The van der Waals surface area contributed by atoms with Crippen LogP contribution in [0.2, 0.25) is 0 Å². The van der Waals surface area contributed by atoms with Crippen molar-refractivity contribution in [3.05, 3.63) is 29.8 Å². The highest BCUT2D eigenvalue weighted by atomic mass is 32.2. The summed E-state index contributed by atoms with van der Waals surface area (Å²) in [5, 5.41) is 5.52. The number of para-hydroxylation sites is 1. The minimum absolute atomic E-state index is 0.207. The number of hydrogen-bond donors (Lipinski definition) is 2. The van der Waals surface area contributed by atoms with Crippen LogP contribution in [0, 0.1) is 6.92 Å². The van der Waals surface area contributed by atoms with E-state index in [1.54, 1.807) is 6.26 Å². The van der Waals surface area contributed by atoms with Crippen molar-refractivity contribution >= 4 is 22.5 Å². The van der Waals surface area contributed by atoms with E-state index < -0.39 is 10.8 Å². The molecule has 1 aromatic rings. The van der Waals surface area contributed by atoms with E-state index in [4.69, 9.17) is 0 Å². The molecule has 0 bridgehead atoms. The van der Waals surface area contributed by atoms with Gasteiger partial charge in [-0.2, -0.15) is 0 Å². The Morgan fingerprint density at radius 1 is 1.24 bits per heavy atom. The summed E-state index contributed by atoms with van der Waals surface area (Å²) in [6.07, 6.45) is 1.63. The number of likely N-dealkylation sites (N-methyl/N-ethyl adjacent to an activating group) is 1. The van der Waals surface area contributed by atoms with Gasteiger partial charge in [0.15, 0.2) is 0 Å². The summed E-state index contributed by atoms with van der Waals surface area (Å²) in [6.45, 7) is 6.84. The fraction of sp³-hybridized carbons (Fsp3) is 0.533. The van der Waals surface area contributed by atoms with Crippen LogP contribution in [0.1, 0.15) is 12.5 Å². The number of urea groups is 1. The maximum Gasteiger partial charge on any atom is 0.314 e. The van der Waals surface area contributed by atoms with Gasteiger partial charge in [0, 0.05) is 54.7 Å². The topological polar surface area (TPSA) is 61.4 Å². The molecular weight excluding hydrogens is 286 g/mol. The second-order valence-electron chi connectivity index (χ2n) is 4.83. The summed E-state index contributed by atoms with van der Waals surface area (Å²) in [6, 6.07) is 8.02. The second-order valence-corrected chi connectivity index (χ2v) is 6.38. The Kier molecular flexibility index (Phi) is 7.82. The van der Waals surface area contributed by atoms with Crippen LogP contribution in [0.25, 0.3) is 0 Å². The van der Waals surface area contributed by atoms with E-state index in [0.29, 0.717) is 18.8 Å². The van der Waals surface area contributed by atoms with Crippen molar-refractivity contribution in [3.8, 4) is 0 Å². The fourth-order valence-electron chi connectivity index (χ4n) is 2.04. The first-order valence-corrected chi connectivity index (χ1v) is 8.89. The van der Waals surface area contributed by atoms with E-state index in [0.717, 1.165) is 13.1 Å². The number of amides is 2. The van der Waals surface area contributed by atoms with Gasteiger partial charge in [0.05, 0.1) is 0 Å². The molecule has 0 aliphatic heterocycles. The van der Waals surface area contributed by atoms with Gasteiger partial charge in [-0.05, 0) is 25.5 Å². The van der Waals surface area contributed by atoms with Gasteiger partial charge in [0.1, 0.15) is 0 Å². The molecule has 2 amide bonds. The van der Waals surface area contributed by atoms with Crippen LogP contribution >= 0.6 is 0 Å². The number of rotatable bonds is 8. The quantitative estimate of drug-likeness (QED) is 0.765. The minimum Gasteiger partial charge on any atom is -0.370 e. The number of carbonyl (C=O) groups excluding carboxylic acids is 1. The van der Waals surface area contributed by atoms with E-state index >= 15 is 0 Å². The lowest BCUT2D eigenvalue weighted by molar-refractivity contribution is 0.241. The molecule has 1 atom stereocenters. The fourth-order valence-corrected chi connectivity index (χ4v) is 2.43. The zero-order chi connectivity index (χ0) is 15.7. The van der Waals surface area contributed by atoms with Crippen molar-refractivity contribution in [2.24, 2.45) is 0 Å². The Morgan fingerprint density at radius 2 is 1.90 bits per heavy atom. The van der Waals surface area contributed by atoms with Gasteiger partial charge in [-0.15, -0.1) is 0 Å². The second kappa shape index (κ2) is 9.39. The van der Waals surface area contributed by atoms with Gasteiger partial charge >= 0.3 is 6.03 Å². The lowest BCUT2D eigenvalue weighted by Gasteiger charge is -2.25. The first-order chi connectivity index (χ1) is 10.0. The standard InChI is InChI=1S/C15H25N3O2S/c1-4-18(14-8-6-5-7-13(14)2)11-9-16-15(19)17-10-12-21(3)20/h5-8H,4,9-12H2,1-3H3,(H2,16,17,19)/t21-/m1/s1. The molecule has 1 rings (SSSR count). The SMILES string of the molecule is CCN(CCNC(=O)NCC[S@@](C)=O)c1ccccc1C. The molecule has 0 radical (unpaired) electrons. The number of aryl methyl sites for hydroxylation is 1. The molecule has 1 aromatic carbocycles. The van der Waals surface area contributed by atoms with Crippen LogP contribution in [0.4, 0.5) is 10.5 Å². The molecule has 0 aromatic heterocycles. The van der Waals surface area contributed by atoms with E-state index in [2.05, 4.69) is 41.5 Å². The number of nitrogens with zero attached hydrogens (tertiary/aromatic N) is 1. The Labute approximate surface area is 129 Å². The van der Waals surface area contributed by atoms with Crippen molar-refractivity contribution in [1.82, 2.24) is 10.6 Å². The van der Waals surface area contributed by atoms with Crippen molar-refractivity contribution in [1.29, 1.82) is 0 Å². The highest BCUT2D eigenvalue weighted by Crippen LogP contribution is 2.18. The molecule has 0 fully saturated rings. The van der Waals surface area contributed by atoms with Gasteiger partial charge in [0.2, 0.25) is 0 Å². The molecular formula is C15H25N3O2S. The molecule has 0 aliphatic carbocycles. The summed E-state index contributed by atoms with van der Waals surface area (Å²) >= 11 is 0. The Morgan fingerprint density at radius 3 is 2.52 bits per heavy atom. The van der Waals surface area contributed by atoms with Gasteiger partial charge in [-0.25, -0.2) is 4.79 Å². The predicted molar refractivity (Wildman–Crippen MR) is 89.4 cm³/mol. The van der Waals surface area contributed by atoms with Crippen LogP contribution in [-0.2, 0) is 10.8 Å². The maximum atomic E-state index is 11.6. The zero-order valence-corrected chi connectivity index (χ0v) is 13.8. The smallest absolute Gasteiger partial charge is 0.314 e. The molecule has 5 nitrogen and oxygen atoms in total. The zero-order valence-electron chi connectivity index (χ0n) is 13.0. The third kappa shape index (κ3) is 6.62. The molecule has 118 valence electrons. The predicted octanol–water partition coefficient (Wildman–Crippen LogP) is 1.50. The molecule has 0 spiro atoms. The normalized spacial score (nSPS) is 11.8.